The summed E-state index contributed by atoms with van der Waals surface area (Å²) < 4.78 is 11.8. The van der Waals surface area contributed by atoms with Crippen LogP contribution in [0.3, 0.4) is 0 Å². The van der Waals surface area contributed by atoms with Gasteiger partial charge in [0, 0.05) is 32.2 Å². The standard InChI is InChI=1S/C18H31NO4/c1-4-22-18-14(8-7-11-20)15(13(2)3)12-16(23-18)17(21)19-9-5-6-10-19/h12-15,18,20H,4-11H2,1-3H3/t14-,15-,18-/m0/s1. The van der Waals surface area contributed by atoms with E-state index in [9.17, 15) is 4.79 Å². The van der Waals surface area contributed by atoms with Crippen molar-refractivity contribution in [3.63, 3.8) is 0 Å². The summed E-state index contributed by atoms with van der Waals surface area (Å²) in [5.74, 6) is 1.25. The molecule has 2 rings (SSSR count). The van der Waals surface area contributed by atoms with E-state index < -0.39 is 6.29 Å². The van der Waals surface area contributed by atoms with Gasteiger partial charge in [0.05, 0.1) is 0 Å². The van der Waals surface area contributed by atoms with Crippen molar-refractivity contribution in [2.45, 2.75) is 52.7 Å². The molecular weight excluding hydrogens is 294 g/mol. The van der Waals surface area contributed by atoms with Crippen LogP contribution in [0.1, 0.15) is 46.5 Å². The van der Waals surface area contributed by atoms with Gasteiger partial charge in [0.2, 0.25) is 6.29 Å². The van der Waals surface area contributed by atoms with Crippen molar-refractivity contribution in [1.29, 1.82) is 0 Å². The Hall–Kier alpha value is -1.07. The van der Waals surface area contributed by atoms with E-state index in [1.807, 2.05) is 17.9 Å². The Morgan fingerprint density at radius 1 is 1.43 bits per heavy atom. The first-order chi connectivity index (χ1) is 11.1. The van der Waals surface area contributed by atoms with Gasteiger partial charge in [0.1, 0.15) is 0 Å². The second-order valence-electron chi connectivity index (χ2n) is 6.82. The van der Waals surface area contributed by atoms with Gasteiger partial charge in [-0.2, -0.15) is 0 Å². The lowest BCUT2D eigenvalue weighted by Gasteiger charge is -2.39. The van der Waals surface area contributed by atoms with Crippen molar-refractivity contribution in [1.82, 2.24) is 4.90 Å². The van der Waals surface area contributed by atoms with Gasteiger partial charge < -0.3 is 19.5 Å². The Balaban J connectivity index is 2.20. The minimum atomic E-state index is -0.398. The molecule has 2 aliphatic heterocycles. The minimum Gasteiger partial charge on any atom is -0.459 e. The van der Waals surface area contributed by atoms with Crippen LogP contribution in [0.2, 0.25) is 0 Å². The van der Waals surface area contributed by atoms with Crippen molar-refractivity contribution in [3.05, 3.63) is 11.8 Å². The molecule has 5 heteroatoms. The molecule has 0 saturated carbocycles. The van der Waals surface area contributed by atoms with E-state index in [2.05, 4.69) is 13.8 Å². The maximum absolute atomic E-state index is 12.7. The van der Waals surface area contributed by atoms with Gasteiger partial charge >= 0.3 is 0 Å². The zero-order valence-corrected chi connectivity index (χ0v) is 14.7. The van der Waals surface area contributed by atoms with Gasteiger partial charge in [0.15, 0.2) is 5.76 Å². The van der Waals surface area contributed by atoms with Gasteiger partial charge in [0.25, 0.3) is 5.91 Å². The van der Waals surface area contributed by atoms with Gasteiger partial charge in [-0.25, -0.2) is 0 Å². The van der Waals surface area contributed by atoms with E-state index >= 15 is 0 Å². The zero-order chi connectivity index (χ0) is 16.8. The average Bonchev–Trinajstić information content (AvgIpc) is 3.06. The highest BCUT2D eigenvalue weighted by Gasteiger charge is 2.39. The molecule has 0 bridgehead atoms. The van der Waals surface area contributed by atoms with Crippen LogP contribution in [0.5, 0.6) is 0 Å². The number of nitrogens with zero attached hydrogens (tertiary/aromatic N) is 1. The van der Waals surface area contributed by atoms with E-state index in [0.29, 0.717) is 18.3 Å². The molecule has 0 radical (unpaired) electrons. The number of allylic oxidation sites excluding steroid dienone is 1. The first-order valence-corrected chi connectivity index (χ1v) is 8.98. The molecule has 1 amide bonds. The first-order valence-electron chi connectivity index (χ1n) is 8.98. The van der Waals surface area contributed by atoms with Crippen molar-refractivity contribution in [2.24, 2.45) is 17.8 Å². The molecule has 1 fully saturated rings. The van der Waals surface area contributed by atoms with Crippen LogP contribution in [-0.2, 0) is 14.3 Å². The fourth-order valence-corrected chi connectivity index (χ4v) is 3.59. The molecule has 0 aromatic heterocycles. The third kappa shape index (κ3) is 4.48. The summed E-state index contributed by atoms with van der Waals surface area (Å²) in [6.07, 6.45) is 5.31. The summed E-state index contributed by atoms with van der Waals surface area (Å²) in [6.45, 7) is 8.63. The quantitative estimate of drug-likeness (QED) is 0.781. The lowest BCUT2D eigenvalue weighted by molar-refractivity contribution is -0.178. The lowest BCUT2D eigenvalue weighted by atomic mass is 9.78. The van der Waals surface area contributed by atoms with Crippen molar-refractivity contribution < 1.29 is 19.4 Å². The maximum Gasteiger partial charge on any atom is 0.288 e. The average molecular weight is 325 g/mol. The lowest BCUT2D eigenvalue weighted by Crippen LogP contribution is -2.41. The van der Waals surface area contributed by atoms with Gasteiger partial charge in [-0.05, 0) is 50.5 Å². The van der Waals surface area contributed by atoms with Crippen LogP contribution >= 0.6 is 0 Å². The highest BCUT2D eigenvalue weighted by molar-refractivity contribution is 5.91. The summed E-state index contributed by atoms with van der Waals surface area (Å²) in [4.78, 5) is 14.6. The second-order valence-corrected chi connectivity index (χ2v) is 6.82. The molecule has 2 heterocycles. The molecule has 132 valence electrons. The fourth-order valence-electron chi connectivity index (χ4n) is 3.59. The van der Waals surface area contributed by atoms with Crippen LogP contribution in [0.15, 0.2) is 11.8 Å². The number of hydrogen-bond acceptors (Lipinski definition) is 4. The van der Waals surface area contributed by atoms with Crippen LogP contribution in [0, 0.1) is 17.8 Å². The number of likely N-dealkylation sites (tertiary alicyclic amines) is 1. The molecule has 1 N–H and O–H groups in total. The van der Waals surface area contributed by atoms with E-state index in [0.717, 1.165) is 38.8 Å². The molecule has 0 aromatic rings. The molecule has 1 saturated heterocycles. The topological polar surface area (TPSA) is 59.0 Å². The molecule has 5 nitrogen and oxygen atoms in total. The zero-order valence-electron chi connectivity index (χ0n) is 14.7. The largest absolute Gasteiger partial charge is 0.459 e. The van der Waals surface area contributed by atoms with E-state index in [1.165, 1.54) is 0 Å². The maximum atomic E-state index is 12.7. The summed E-state index contributed by atoms with van der Waals surface area (Å²) in [6, 6.07) is 0. The number of amides is 1. The fraction of sp³-hybridized carbons (Fsp3) is 0.833. The molecule has 0 aromatic carbocycles. The van der Waals surface area contributed by atoms with E-state index in [1.54, 1.807) is 0 Å². The summed E-state index contributed by atoms with van der Waals surface area (Å²) in [7, 11) is 0. The number of aliphatic hydroxyl groups excluding tert-OH is 1. The molecule has 0 spiro atoms. The number of hydrogen-bond donors (Lipinski definition) is 1. The number of rotatable bonds is 7. The molecule has 3 atom stereocenters. The highest BCUT2D eigenvalue weighted by Crippen LogP contribution is 2.37. The number of ether oxygens (including phenoxy) is 2. The highest BCUT2D eigenvalue weighted by atomic mass is 16.7. The van der Waals surface area contributed by atoms with E-state index in [4.69, 9.17) is 14.6 Å². The summed E-state index contributed by atoms with van der Waals surface area (Å²) in [5, 5.41) is 9.16. The smallest absolute Gasteiger partial charge is 0.288 e. The van der Waals surface area contributed by atoms with Crippen LogP contribution in [0.4, 0.5) is 0 Å². The van der Waals surface area contributed by atoms with Crippen LogP contribution < -0.4 is 0 Å². The number of carbonyl (C=O) groups is 1. The normalized spacial score (nSPS) is 28.0. The molecule has 23 heavy (non-hydrogen) atoms. The predicted molar refractivity (Wildman–Crippen MR) is 88.5 cm³/mol. The Morgan fingerprint density at radius 3 is 2.70 bits per heavy atom. The Kier molecular flexibility index (Phi) is 6.90. The molecule has 2 aliphatic rings. The second kappa shape index (κ2) is 8.69. The minimum absolute atomic E-state index is 0.00142. The van der Waals surface area contributed by atoms with Crippen molar-refractivity contribution >= 4 is 5.91 Å². The van der Waals surface area contributed by atoms with Gasteiger partial charge in [-0.15, -0.1) is 0 Å². The number of carbonyl (C=O) groups excluding carboxylic acids is 1. The SMILES string of the molecule is CCO[C@H]1OC(C(=O)N2CCCC2)=C[C@@H](C(C)C)[C@@H]1CCCO. The summed E-state index contributed by atoms with van der Waals surface area (Å²) in [5.41, 5.74) is 0. The molecular formula is C18H31NO4. The van der Waals surface area contributed by atoms with Gasteiger partial charge in [-0.1, -0.05) is 13.8 Å². The van der Waals surface area contributed by atoms with Gasteiger partial charge in [-0.3, -0.25) is 4.79 Å². The molecule has 0 unspecified atom stereocenters. The molecule has 0 aliphatic carbocycles. The Bertz CT molecular complexity index is 415. The Morgan fingerprint density at radius 2 is 2.13 bits per heavy atom. The Labute approximate surface area is 139 Å². The van der Waals surface area contributed by atoms with Crippen LogP contribution in [0.25, 0.3) is 0 Å². The van der Waals surface area contributed by atoms with Crippen molar-refractivity contribution in [3.8, 4) is 0 Å². The third-order valence-electron chi connectivity index (χ3n) is 4.83. The predicted octanol–water partition coefficient (Wildman–Crippen LogP) is 2.55. The first kappa shape index (κ1) is 18.3. The van der Waals surface area contributed by atoms with E-state index in [-0.39, 0.29) is 24.3 Å². The summed E-state index contributed by atoms with van der Waals surface area (Å²) >= 11 is 0. The monoisotopic (exact) mass is 325 g/mol. The van der Waals surface area contributed by atoms with Crippen LogP contribution in [-0.4, -0.2) is 48.5 Å². The number of aliphatic hydroxyl groups is 1. The third-order valence-corrected chi connectivity index (χ3v) is 4.83. The van der Waals surface area contributed by atoms with Crippen molar-refractivity contribution in [2.75, 3.05) is 26.3 Å².